The van der Waals surface area contributed by atoms with E-state index in [4.69, 9.17) is 27.5 Å². The molecule has 2 fully saturated rings. The molecule has 0 unspecified atom stereocenters. The number of nitrogens with zero attached hydrogens (tertiary/aromatic N) is 4. The molecule has 0 aromatic heterocycles. The third-order valence-electron chi connectivity index (χ3n) is 4.98. The van der Waals surface area contributed by atoms with Crippen LogP contribution in [0.4, 0.5) is 20.6 Å². The van der Waals surface area contributed by atoms with Gasteiger partial charge in [-0.2, -0.15) is 10.5 Å². The van der Waals surface area contributed by atoms with Crippen LogP contribution in [0.1, 0.15) is 19.8 Å². The van der Waals surface area contributed by atoms with Crippen LogP contribution in [0.5, 0.6) is 0 Å². The second-order valence-corrected chi connectivity index (χ2v) is 7.49. The highest BCUT2D eigenvalue weighted by atomic mass is 32.1. The Morgan fingerprint density at radius 1 is 1.34 bits per heavy atom. The number of halogens is 1. The maximum atomic E-state index is 14.8. The van der Waals surface area contributed by atoms with Gasteiger partial charge in [-0.25, -0.2) is 9.18 Å². The van der Waals surface area contributed by atoms with Gasteiger partial charge in [-0.1, -0.05) is 12.2 Å². The number of carbonyl (C=O) groups excluding carboxylic acids is 1. The average Bonchev–Trinajstić information content (AvgIpc) is 3.08. The molecule has 1 aromatic carbocycles. The minimum absolute atomic E-state index is 0.154. The lowest BCUT2D eigenvalue weighted by Gasteiger charge is -2.31. The molecule has 3 rings (SSSR count). The number of nitrogens with one attached hydrogen (secondary N) is 1. The zero-order valence-corrected chi connectivity index (χ0v) is 16.8. The first kappa shape index (κ1) is 20.6. The van der Waals surface area contributed by atoms with Crippen molar-refractivity contribution in [2.45, 2.75) is 25.9 Å². The van der Waals surface area contributed by atoms with E-state index >= 15 is 0 Å². The summed E-state index contributed by atoms with van der Waals surface area (Å²) in [6, 6.07) is 8.50. The molecule has 1 N–H and O–H groups in total. The number of carbonyl (C=O) groups is 1. The van der Waals surface area contributed by atoms with Crippen molar-refractivity contribution in [2.75, 3.05) is 36.0 Å². The van der Waals surface area contributed by atoms with E-state index in [0.29, 0.717) is 55.4 Å². The zero-order chi connectivity index (χ0) is 21.0. The van der Waals surface area contributed by atoms with Crippen LogP contribution in [0.25, 0.3) is 0 Å². The lowest BCUT2D eigenvalue weighted by Crippen LogP contribution is -2.33. The van der Waals surface area contributed by atoms with Gasteiger partial charge in [0, 0.05) is 13.1 Å². The normalized spacial score (nSPS) is 18.7. The SMILES string of the molecule is CC(=S)NC[C@H]1CN(c2ccc(N3CCC(=C(C#N)C#N)CC3)c(F)c2)C(=O)O1. The van der Waals surface area contributed by atoms with Crippen molar-refractivity contribution < 1.29 is 13.9 Å². The second-order valence-electron chi connectivity index (χ2n) is 6.88. The highest BCUT2D eigenvalue weighted by Gasteiger charge is 2.33. The van der Waals surface area contributed by atoms with Crippen molar-refractivity contribution in [1.29, 1.82) is 10.5 Å². The minimum atomic E-state index is -0.515. The summed E-state index contributed by atoms with van der Waals surface area (Å²) in [6.07, 6.45) is 0.220. The molecule has 1 amide bonds. The van der Waals surface area contributed by atoms with Gasteiger partial charge >= 0.3 is 6.09 Å². The lowest BCUT2D eigenvalue weighted by molar-refractivity contribution is 0.143. The van der Waals surface area contributed by atoms with E-state index in [1.54, 1.807) is 19.1 Å². The monoisotopic (exact) mass is 413 g/mol. The summed E-state index contributed by atoms with van der Waals surface area (Å²) >= 11 is 4.96. The molecule has 0 aliphatic carbocycles. The summed E-state index contributed by atoms with van der Waals surface area (Å²) in [4.78, 5) is 16.0. The summed E-state index contributed by atoms with van der Waals surface area (Å²) in [5.74, 6) is -0.431. The average molecular weight is 413 g/mol. The molecule has 2 aliphatic heterocycles. The number of anilines is 2. The van der Waals surface area contributed by atoms with Gasteiger partial charge in [0.2, 0.25) is 0 Å². The van der Waals surface area contributed by atoms with Crippen molar-refractivity contribution in [3.05, 3.63) is 35.2 Å². The number of amides is 1. The zero-order valence-electron chi connectivity index (χ0n) is 15.9. The highest BCUT2D eigenvalue weighted by Crippen LogP contribution is 2.30. The van der Waals surface area contributed by atoms with E-state index in [0.717, 1.165) is 5.57 Å². The Kier molecular flexibility index (Phi) is 6.30. The number of thiocarbonyl (C=S) groups is 1. The fourth-order valence-corrected chi connectivity index (χ4v) is 3.55. The number of hydrogen-bond donors (Lipinski definition) is 1. The smallest absolute Gasteiger partial charge is 0.414 e. The number of benzene rings is 1. The quantitative estimate of drug-likeness (QED) is 0.599. The molecule has 0 spiro atoms. The second kappa shape index (κ2) is 8.89. The van der Waals surface area contributed by atoms with Crippen LogP contribution < -0.4 is 15.1 Å². The predicted molar refractivity (Wildman–Crippen MR) is 110 cm³/mol. The number of hydrogen-bond acceptors (Lipinski definition) is 6. The van der Waals surface area contributed by atoms with Crippen molar-refractivity contribution in [1.82, 2.24) is 5.32 Å². The molecule has 1 atom stereocenters. The van der Waals surface area contributed by atoms with Crippen LogP contribution in [0, 0.1) is 28.5 Å². The first-order valence-electron chi connectivity index (χ1n) is 9.22. The fourth-order valence-electron chi connectivity index (χ4n) is 3.47. The summed E-state index contributed by atoms with van der Waals surface area (Å²) < 4.78 is 20.1. The van der Waals surface area contributed by atoms with Crippen molar-refractivity contribution >= 4 is 34.7 Å². The Bertz CT molecular complexity index is 923. The topological polar surface area (TPSA) is 92.4 Å². The summed E-state index contributed by atoms with van der Waals surface area (Å²) in [7, 11) is 0. The van der Waals surface area contributed by atoms with E-state index in [-0.39, 0.29) is 11.7 Å². The van der Waals surface area contributed by atoms with Gasteiger partial charge in [0.15, 0.2) is 0 Å². The van der Waals surface area contributed by atoms with Crippen LogP contribution in [0.3, 0.4) is 0 Å². The van der Waals surface area contributed by atoms with Crippen molar-refractivity contribution in [2.24, 2.45) is 0 Å². The van der Waals surface area contributed by atoms with E-state index in [2.05, 4.69) is 5.32 Å². The first-order chi connectivity index (χ1) is 13.9. The Balaban J connectivity index is 1.68. The number of ether oxygens (including phenoxy) is 1. The number of allylic oxidation sites excluding steroid dienone is 1. The minimum Gasteiger partial charge on any atom is -0.442 e. The van der Waals surface area contributed by atoms with Crippen LogP contribution in [0.15, 0.2) is 29.3 Å². The number of piperidine rings is 1. The molecule has 150 valence electrons. The third kappa shape index (κ3) is 4.64. The first-order valence-corrected chi connectivity index (χ1v) is 9.63. The van der Waals surface area contributed by atoms with E-state index < -0.39 is 11.9 Å². The van der Waals surface area contributed by atoms with Crippen LogP contribution in [0.2, 0.25) is 0 Å². The predicted octanol–water partition coefficient (Wildman–Crippen LogP) is 3.03. The van der Waals surface area contributed by atoms with Crippen LogP contribution >= 0.6 is 12.2 Å². The lowest BCUT2D eigenvalue weighted by atomic mass is 9.98. The molecule has 2 saturated heterocycles. The number of rotatable bonds is 4. The van der Waals surface area contributed by atoms with E-state index in [1.807, 2.05) is 17.0 Å². The number of nitriles is 2. The Hall–Kier alpha value is -3.17. The molecule has 2 heterocycles. The summed E-state index contributed by atoms with van der Waals surface area (Å²) in [5, 5.41) is 20.9. The molecular formula is C20H20FN5O2S. The van der Waals surface area contributed by atoms with Gasteiger partial charge in [-0.05, 0) is 43.5 Å². The molecule has 0 radical (unpaired) electrons. The van der Waals surface area contributed by atoms with E-state index in [1.165, 1.54) is 11.0 Å². The van der Waals surface area contributed by atoms with Gasteiger partial charge in [-0.15, -0.1) is 0 Å². The Morgan fingerprint density at radius 2 is 2.03 bits per heavy atom. The van der Waals surface area contributed by atoms with Crippen molar-refractivity contribution in [3.63, 3.8) is 0 Å². The molecular weight excluding hydrogens is 393 g/mol. The Morgan fingerprint density at radius 3 is 2.62 bits per heavy atom. The van der Waals surface area contributed by atoms with Crippen LogP contribution in [-0.4, -0.2) is 43.4 Å². The highest BCUT2D eigenvalue weighted by molar-refractivity contribution is 7.80. The number of cyclic esters (lactones) is 1. The molecule has 7 nitrogen and oxygen atoms in total. The molecule has 29 heavy (non-hydrogen) atoms. The maximum absolute atomic E-state index is 14.8. The Labute approximate surface area is 173 Å². The summed E-state index contributed by atoms with van der Waals surface area (Å²) in [6.45, 7) is 3.52. The molecule has 0 saturated carbocycles. The van der Waals surface area contributed by atoms with Gasteiger partial charge in [0.25, 0.3) is 0 Å². The van der Waals surface area contributed by atoms with Crippen LogP contribution in [-0.2, 0) is 4.74 Å². The molecule has 9 heteroatoms. The van der Waals surface area contributed by atoms with Gasteiger partial charge < -0.3 is 15.0 Å². The van der Waals surface area contributed by atoms with Gasteiger partial charge in [0.1, 0.15) is 29.6 Å². The van der Waals surface area contributed by atoms with Gasteiger partial charge in [0.05, 0.1) is 29.5 Å². The summed E-state index contributed by atoms with van der Waals surface area (Å²) in [5.41, 5.74) is 1.84. The fraction of sp³-hybridized carbons (Fsp3) is 0.400. The van der Waals surface area contributed by atoms with Gasteiger partial charge in [-0.3, -0.25) is 4.90 Å². The third-order valence-corrected chi connectivity index (χ3v) is 5.12. The molecule has 2 aliphatic rings. The standard InChI is InChI=1S/C20H20FN5O2S/c1-13(29)24-11-17-12-26(20(27)28-17)16-2-3-19(18(21)8-16)25-6-4-14(5-7-25)15(9-22)10-23/h2-3,8,17H,4-7,11-12H2,1H3,(H,24,29)/t17-/m0/s1. The van der Waals surface area contributed by atoms with E-state index in [9.17, 15) is 9.18 Å². The largest absolute Gasteiger partial charge is 0.442 e. The maximum Gasteiger partial charge on any atom is 0.414 e. The van der Waals surface area contributed by atoms with Crippen molar-refractivity contribution in [3.8, 4) is 12.1 Å². The molecule has 1 aromatic rings. The molecule has 0 bridgehead atoms.